The molecule has 1 amide bonds. The summed E-state index contributed by atoms with van der Waals surface area (Å²) in [4.78, 5) is 40.0. The third-order valence-electron chi connectivity index (χ3n) is 3.72. The van der Waals surface area contributed by atoms with Crippen molar-refractivity contribution >= 4 is 46.3 Å². The van der Waals surface area contributed by atoms with E-state index in [0.717, 1.165) is 5.56 Å². The molecule has 0 radical (unpaired) electrons. The van der Waals surface area contributed by atoms with E-state index in [-0.39, 0.29) is 11.5 Å². The van der Waals surface area contributed by atoms with E-state index in [1.807, 2.05) is 0 Å². The van der Waals surface area contributed by atoms with Crippen LogP contribution in [0, 0.1) is 0 Å². The standard InChI is InChI=1S/C20H15ClN2O4S/c1-12(24)15-4-2-3-5-16(15)22-18(25)10-27-20(26)17-11-28-19(23-17)13-6-8-14(21)9-7-13/h2-9,11H,10H2,1H3,(H,22,25). The third-order valence-corrected chi connectivity index (χ3v) is 4.86. The van der Waals surface area contributed by atoms with Gasteiger partial charge in [0.25, 0.3) is 5.91 Å². The molecule has 142 valence electrons. The number of ketones is 1. The van der Waals surface area contributed by atoms with E-state index < -0.39 is 18.5 Å². The number of hydrogen-bond donors (Lipinski definition) is 1. The van der Waals surface area contributed by atoms with Gasteiger partial charge in [0.2, 0.25) is 0 Å². The lowest BCUT2D eigenvalue weighted by Crippen LogP contribution is -2.22. The van der Waals surface area contributed by atoms with E-state index in [1.165, 1.54) is 18.3 Å². The number of halogens is 1. The number of nitrogens with zero attached hydrogens (tertiary/aromatic N) is 1. The molecule has 0 saturated heterocycles. The predicted octanol–water partition coefficient (Wildman–Crippen LogP) is 4.46. The molecule has 1 aromatic heterocycles. The van der Waals surface area contributed by atoms with E-state index in [9.17, 15) is 14.4 Å². The Kier molecular flexibility index (Phi) is 6.18. The third kappa shape index (κ3) is 4.82. The highest BCUT2D eigenvalue weighted by molar-refractivity contribution is 7.13. The van der Waals surface area contributed by atoms with Crippen LogP contribution in [0.25, 0.3) is 10.6 Å². The van der Waals surface area contributed by atoms with Gasteiger partial charge in [-0.15, -0.1) is 11.3 Å². The van der Waals surface area contributed by atoms with Gasteiger partial charge in [-0.3, -0.25) is 9.59 Å². The fraction of sp³-hybridized carbons (Fsp3) is 0.100. The predicted molar refractivity (Wildman–Crippen MR) is 108 cm³/mol. The average molecular weight is 415 g/mol. The zero-order valence-corrected chi connectivity index (χ0v) is 16.3. The van der Waals surface area contributed by atoms with Crippen molar-refractivity contribution in [2.75, 3.05) is 11.9 Å². The Morgan fingerprint density at radius 1 is 1.11 bits per heavy atom. The topological polar surface area (TPSA) is 85.4 Å². The lowest BCUT2D eigenvalue weighted by molar-refractivity contribution is -0.119. The Labute approximate surface area is 170 Å². The number of ether oxygens (including phenoxy) is 1. The molecular formula is C20H15ClN2O4S. The molecule has 0 atom stereocenters. The number of hydrogen-bond acceptors (Lipinski definition) is 6. The molecule has 0 aliphatic heterocycles. The van der Waals surface area contributed by atoms with Gasteiger partial charge in [0.1, 0.15) is 5.01 Å². The van der Waals surface area contributed by atoms with Crippen LogP contribution in [0.5, 0.6) is 0 Å². The van der Waals surface area contributed by atoms with Gasteiger partial charge in [0.15, 0.2) is 18.1 Å². The van der Waals surface area contributed by atoms with Crippen molar-refractivity contribution in [1.82, 2.24) is 4.98 Å². The second kappa shape index (κ2) is 8.77. The molecular weight excluding hydrogens is 400 g/mol. The van der Waals surface area contributed by atoms with Gasteiger partial charge in [0.05, 0.1) is 5.69 Å². The Hall–Kier alpha value is -3.03. The van der Waals surface area contributed by atoms with E-state index >= 15 is 0 Å². The van der Waals surface area contributed by atoms with E-state index in [0.29, 0.717) is 21.3 Å². The molecule has 0 bridgehead atoms. The highest BCUT2D eigenvalue weighted by atomic mass is 35.5. The molecule has 0 unspecified atom stereocenters. The van der Waals surface area contributed by atoms with Gasteiger partial charge in [-0.1, -0.05) is 35.9 Å². The summed E-state index contributed by atoms with van der Waals surface area (Å²) in [6, 6.07) is 13.7. The number of para-hydroxylation sites is 1. The van der Waals surface area contributed by atoms with Crippen molar-refractivity contribution in [2.45, 2.75) is 6.92 Å². The number of carbonyl (C=O) groups is 3. The number of anilines is 1. The number of carbonyl (C=O) groups excluding carboxylic acids is 3. The summed E-state index contributed by atoms with van der Waals surface area (Å²) >= 11 is 7.15. The minimum Gasteiger partial charge on any atom is -0.451 e. The number of esters is 1. The molecule has 0 aliphatic rings. The molecule has 1 N–H and O–H groups in total. The SMILES string of the molecule is CC(=O)c1ccccc1NC(=O)COC(=O)c1csc(-c2ccc(Cl)cc2)n1. The molecule has 0 aliphatic carbocycles. The van der Waals surface area contributed by atoms with Crippen LogP contribution in [-0.2, 0) is 9.53 Å². The summed E-state index contributed by atoms with van der Waals surface area (Å²) in [5.74, 6) is -1.42. The second-order valence-electron chi connectivity index (χ2n) is 5.77. The molecule has 28 heavy (non-hydrogen) atoms. The highest BCUT2D eigenvalue weighted by Crippen LogP contribution is 2.25. The van der Waals surface area contributed by atoms with Gasteiger partial charge in [-0.05, 0) is 31.2 Å². The summed E-state index contributed by atoms with van der Waals surface area (Å²) in [6.45, 7) is 0.921. The minimum absolute atomic E-state index is 0.117. The Morgan fingerprint density at radius 3 is 2.54 bits per heavy atom. The first-order valence-corrected chi connectivity index (χ1v) is 9.48. The van der Waals surface area contributed by atoms with Gasteiger partial charge < -0.3 is 10.1 Å². The van der Waals surface area contributed by atoms with Gasteiger partial charge in [0, 0.05) is 21.5 Å². The summed E-state index contributed by atoms with van der Waals surface area (Å²) in [6.07, 6.45) is 0. The van der Waals surface area contributed by atoms with E-state index in [1.54, 1.807) is 53.9 Å². The van der Waals surface area contributed by atoms with E-state index in [4.69, 9.17) is 16.3 Å². The van der Waals surface area contributed by atoms with Crippen LogP contribution in [0.1, 0.15) is 27.8 Å². The smallest absolute Gasteiger partial charge is 0.358 e. The first-order valence-electron chi connectivity index (χ1n) is 8.22. The summed E-state index contributed by atoms with van der Waals surface area (Å²) < 4.78 is 5.02. The monoisotopic (exact) mass is 414 g/mol. The highest BCUT2D eigenvalue weighted by Gasteiger charge is 2.16. The maximum absolute atomic E-state index is 12.1. The van der Waals surface area contributed by atoms with Gasteiger partial charge in [-0.2, -0.15) is 0 Å². The Morgan fingerprint density at radius 2 is 1.82 bits per heavy atom. The first kappa shape index (κ1) is 19.7. The number of amides is 1. The van der Waals surface area contributed by atoms with Crippen molar-refractivity contribution in [3.8, 4) is 10.6 Å². The van der Waals surface area contributed by atoms with Crippen LogP contribution in [0.3, 0.4) is 0 Å². The lowest BCUT2D eigenvalue weighted by Gasteiger charge is -2.09. The van der Waals surface area contributed by atoms with Crippen LogP contribution in [0.2, 0.25) is 5.02 Å². The summed E-state index contributed by atoms with van der Waals surface area (Å²) in [5.41, 5.74) is 1.70. The number of aromatic nitrogens is 1. The lowest BCUT2D eigenvalue weighted by atomic mass is 10.1. The normalized spacial score (nSPS) is 10.4. The molecule has 0 fully saturated rings. The maximum atomic E-state index is 12.1. The summed E-state index contributed by atoms with van der Waals surface area (Å²) in [5, 5.41) is 5.38. The molecule has 8 heteroatoms. The molecule has 0 spiro atoms. The van der Waals surface area contributed by atoms with Crippen LogP contribution in [0.4, 0.5) is 5.69 Å². The number of rotatable bonds is 6. The van der Waals surface area contributed by atoms with Crippen LogP contribution < -0.4 is 5.32 Å². The van der Waals surface area contributed by atoms with Gasteiger partial charge >= 0.3 is 5.97 Å². The van der Waals surface area contributed by atoms with Crippen molar-refractivity contribution in [2.24, 2.45) is 0 Å². The molecule has 6 nitrogen and oxygen atoms in total. The van der Waals surface area contributed by atoms with Crippen molar-refractivity contribution in [3.63, 3.8) is 0 Å². The number of nitrogens with one attached hydrogen (secondary N) is 1. The molecule has 2 aromatic carbocycles. The first-order chi connectivity index (χ1) is 13.4. The Balaban J connectivity index is 1.59. The van der Waals surface area contributed by atoms with E-state index in [2.05, 4.69) is 10.3 Å². The Bertz CT molecular complexity index is 1030. The maximum Gasteiger partial charge on any atom is 0.358 e. The number of benzene rings is 2. The van der Waals surface area contributed by atoms with Crippen molar-refractivity contribution in [3.05, 3.63) is 70.2 Å². The fourth-order valence-electron chi connectivity index (χ4n) is 2.38. The molecule has 3 aromatic rings. The van der Waals surface area contributed by atoms with Crippen molar-refractivity contribution in [1.29, 1.82) is 0 Å². The zero-order chi connectivity index (χ0) is 20.1. The minimum atomic E-state index is -0.702. The number of thiazole rings is 1. The summed E-state index contributed by atoms with van der Waals surface area (Å²) in [7, 11) is 0. The van der Waals surface area contributed by atoms with Crippen molar-refractivity contribution < 1.29 is 19.1 Å². The molecule has 3 rings (SSSR count). The zero-order valence-electron chi connectivity index (χ0n) is 14.8. The van der Waals surface area contributed by atoms with Crippen LogP contribution in [0.15, 0.2) is 53.9 Å². The largest absolute Gasteiger partial charge is 0.451 e. The van der Waals surface area contributed by atoms with Crippen LogP contribution in [-0.4, -0.2) is 29.3 Å². The molecule has 0 saturated carbocycles. The number of Topliss-reactive ketones (excluding diaryl/α,β-unsaturated/α-hetero) is 1. The quantitative estimate of drug-likeness (QED) is 0.475. The fourth-order valence-corrected chi connectivity index (χ4v) is 3.30. The van der Waals surface area contributed by atoms with Gasteiger partial charge in [-0.25, -0.2) is 9.78 Å². The average Bonchev–Trinajstić information content (AvgIpc) is 3.17. The van der Waals surface area contributed by atoms with Crippen LogP contribution >= 0.6 is 22.9 Å². The second-order valence-corrected chi connectivity index (χ2v) is 7.07. The molecule has 1 heterocycles.